The number of carbonyl (C=O) groups excluding carboxylic acids is 2. The lowest BCUT2D eigenvalue weighted by Crippen LogP contribution is -2.44. The third kappa shape index (κ3) is 8.06. The Hall–Kier alpha value is -3.46. The first-order valence-electron chi connectivity index (χ1n) is 11.3. The van der Waals surface area contributed by atoms with Gasteiger partial charge in [0.05, 0.1) is 11.1 Å². The van der Waals surface area contributed by atoms with Gasteiger partial charge in [0.25, 0.3) is 0 Å². The van der Waals surface area contributed by atoms with E-state index in [1.165, 1.54) is 12.1 Å². The van der Waals surface area contributed by atoms with Crippen LogP contribution in [0.1, 0.15) is 40.8 Å². The van der Waals surface area contributed by atoms with E-state index in [0.29, 0.717) is 26.5 Å². The molecule has 0 spiro atoms. The van der Waals surface area contributed by atoms with E-state index in [-0.39, 0.29) is 45.5 Å². The zero-order valence-corrected chi connectivity index (χ0v) is 20.0. The molecule has 2 aromatic rings. The summed E-state index contributed by atoms with van der Waals surface area (Å²) in [6.45, 7) is -1.49. The predicted octanol–water partition coefficient (Wildman–Crippen LogP) is 6.94. The Morgan fingerprint density at radius 3 is 1.61 bits per heavy atom. The van der Waals surface area contributed by atoms with E-state index in [1.807, 2.05) is 0 Å². The van der Waals surface area contributed by atoms with E-state index in [4.69, 9.17) is 0 Å². The molecule has 4 nitrogen and oxygen atoms in total. The topological polar surface area (TPSA) is 40.6 Å². The smallest absolute Gasteiger partial charge is 0.330 e. The van der Waals surface area contributed by atoms with Crippen molar-refractivity contribution in [3.8, 4) is 0 Å². The molecule has 0 aromatic heterocycles. The summed E-state index contributed by atoms with van der Waals surface area (Å²) >= 11 is 0. The first-order valence-corrected chi connectivity index (χ1v) is 11.3. The molecule has 228 valence electrons. The Morgan fingerprint density at radius 2 is 1.12 bits per heavy atom. The zero-order valence-electron chi connectivity index (χ0n) is 20.0. The molecule has 0 atom stereocenters. The van der Waals surface area contributed by atoms with Crippen molar-refractivity contribution in [3.05, 3.63) is 69.8 Å². The minimum Gasteiger partial charge on any atom is -0.330 e. The molecule has 2 aliphatic heterocycles. The van der Waals surface area contributed by atoms with E-state index in [1.54, 1.807) is 0 Å². The average molecular weight is 610 g/mol. The van der Waals surface area contributed by atoms with Crippen molar-refractivity contribution in [2.45, 2.75) is 58.1 Å². The van der Waals surface area contributed by atoms with Gasteiger partial charge in [-0.1, -0.05) is 25.6 Å². The van der Waals surface area contributed by atoms with E-state index in [2.05, 4.69) is 0 Å². The molecule has 0 aliphatic carbocycles. The van der Waals surface area contributed by atoms with Crippen LogP contribution in [0.4, 0.5) is 52.7 Å². The van der Waals surface area contributed by atoms with Gasteiger partial charge in [0.2, 0.25) is 0 Å². The Balaban J connectivity index is 0.000000280. The molecular formula is C25H22F12N2O2. The molecule has 41 heavy (non-hydrogen) atoms. The van der Waals surface area contributed by atoms with Crippen LogP contribution in [0.25, 0.3) is 0 Å². The van der Waals surface area contributed by atoms with Gasteiger partial charge in [0.1, 0.15) is 0 Å². The Morgan fingerprint density at radius 1 is 0.610 bits per heavy atom. The van der Waals surface area contributed by atoms with Crippen LogP contribution in [-0.4, -0.2) is 47.1 Å². The molecule has 0 N–H and O–H groups in total. The minimum atomic E-state index is -5.08. The number of hydrogen-bond acceptors (Lipinski definition) is 2. The Bertz CT molecular complexity index is 1260. The highest BCUT2D eigenvalue weighted by Crippen LogP contribution is 2.36. The molecule has 2 amide bonds. The lowest BCUT2D eigenvalue weighted by Gasteiger charge is -2.31. The summed E-state index contributed by atoms with van der Waals surface area (Å²) in [5, 5.41) is 0. The van der Waals surface area contributed by atoms with Crippen molar-refractivity contribution >= 4 is 11.8 Å². The number of carbonyl (C=O) groups is 2. The maximum absolute atomic E-state index is 12.8. The second kappa shape index (κ2) is 11.8. The lowest BCUT2D eigenvalue weighted by molar-refractivity contribution is -0.186. The quantitative estimate of drug-likeness (QED) is 0.304. The summed E-state index contributed by atoms with van der Waals surface area (Å²) in [4.78, 5) is 23.2. The summed E-state index contributed by atoms with van der Waals surface area (Å²) in [5.74, 6) is -4.08. The van der Waals surface area contributed by atoms with Crippen LogP contribution in [0.3, 0.4) is 0 Å². The number of benzene rings is 2. The van der Waals surface area contributed by atoms with Crippen LogP contribution in [0.15, 0.2) is 36.4 Å². The van der Waals surface area contributed by atoms with Gasteiger partial charge in [0.15, 0.2) is 0 Å². The van der Waals surface area contributed by atoms with Crippen molar-refractivity contribution in [1.29, 1.82) is 0 Å². The molecule has 0 saturated heterocycles. The van der Waals surface area contributed by atoms with Crippen molar-refractivity contribution in [2.24, 2.45) is 0 Å². The van der Waals surface area contributed by atoms with Gasteiger partial charge in [-0.15, -0.1) is 0 Å². The SMILES string of the molecule is C.O=C(N1CCc2cc(C(F)(F)F)ccc2C1)C(F)(F)F.O=C(N1CCc2cccc(C(F)(F)F)c2C1)C(F)(F)F. The van der Waals surface area contributed by atoms with E-state index < -0.39 is 54.2 Å². The summed E-state index contributed by atoms with van der Waals surface area (Å²) < 4.78 is 150. The Labute approximate surface area is 225 Å². The van der Waals surface area contributed by atoms with Crippen LogP contribution in [0.2, 0.25) is 0 Å². The van der Waals surface area contributed by atoms with Gasteiger partial charge < -0.3 is 9.80 Å². The molecule has 16 heteroatoms. The molecule has 0 bridgehead atoms. The first kappa shape index (κ1) is 33.7. The van der Waals surface area contributed by atoms with Crippen LogP contribution < -0.4 is 0 Å². The van der Waals surface area contributed by atoms with Crippen LogP contribution >= 0.6 is 0 Å². The van der Waals surface area contributed by atoms with Crippen LogP contribution in [0, 0.1) is 0 Å². The van der Waals surface area contributed by atoms with Crippen molar-refractivity contribution < 1.29 is 62.3 Å². The summed E-state index contributed by atoms with van der Waals surface area (Å²) in [6.07, 6.45) is -19.3. The fourth-order valence-corrected chi connectivity index (χ4v) is 4.28. The highest BCUT2D eigenvalue weighted by molar-refractivity contribution is 5.82. The molecular weight excluding hydrogens is 588 g/mol. The van der Waals surface area contributed by atoms with Crippen molar-refractivity contribution in [2.75, 3.05) is 13.1 Å². The number of amides is 2. The third-order valence-electron chi connectivity index (χ3n) is 6.18. The van der Waals surface area contributed by atoms with Crippen molar-refractivity contribution in [1.82, 2.24) is 9.80 Å². The number of hydrogen-bond donors (Lipinski definition) is 0. The maximum Gasteiger partial charge on any atom is 0.471 e. The van der Waals surface area contributed by atoms with E-state index in [9.17, 15) is 62.3 Å². The van der Waals surface area contributed by atoms with Crippen molar-refractivity contribution in [3.63, 3.8) is 0 Å². The van der Waals surface area contributed by atoms with Crippen LogP contribution in [-0.2, 0) is 47.9 Å². The zero-order chi connectivity index (χ0) is 30.3. The summed E-state index contributed by atoms with van der Waals surface area (Å²) in [5.41, 5.74) is -1.13. The highest BCUT2D eigenvalue weighted by Gasteiger charge is 2.45. The van der Waals surface area contributed by atoms with Gasteiger partial charge in [-0.25, -0.2) is 0 Å². The number of rotatable bonds is 0. The van der Waals surface area contributed by atoms with Gasteiger partial charge >= 0.3 is 36.5 Å². The van der Waals surface area contributed by atoms with Gasteiger partial charge in [0, 0.05) is 26.2 Å². The number of fused-ring (bicyclic) bond motifs is 2. The monoisotopic (exact) mass is 610 g/mol. The second-order valence-electron chi connectivity index (χ2n) is 8.87. The highest BCUT2D eigenvalue weighted by atomic mass is 19.4. The molecule has 0 radical (unpaired) electrons. The fourth-order valence-electron chi connectivity index (χ4n) is 4.28. The van der Waals surface area contributed by atoms with Gasteiger partial charge in [-0.2, -0.15) is 52.7 Å². The number of halogens is 12. The predicted molar refractivity (Wildman–Crippen MR) is 120 cm³/mol. The standard InChI is InChI=1S/2C12H9F6NO.CH4/c13-11(14,15)9-2-1-8-6-19(4-3-7(8)5-9)10(20)12(16,17)18;13-11(14,15)9-3-1-2-7-4-5-19(6-8(7)9)10(20)12(16,17)18;/h1-2,5H,3-4,6H2;1-3H,4-6H2;1H4. The molecule has 0 unspecified atom stereocenters. The van der Waals surface area contributed by atoms with E-state index >= 15 is 0 Å². The molecule has 0 fully saturated rings. The Kier molecular flexibility index (Phi) is 9.71. The number of alkyl halides is 12. The van der Waals surface area contributed by atoms with E-state index in [0.717, 1.165) is 24.3 Å². The first-order chi connectivity index (χ1) is 18.2. The maximum atomic E-state index is 12.8. The lowest BCUT2D eigenvalue weighted by atomic mass is 9.94. The summed E-state index contributed by atoms with van der Waals surface area (Å²) in [6, 6.07) is 6.29. The molecule has 4 rings (SSSR count). The third-order valence-corrected chi connectivity index (χ3v) is 6.18. The largest absolute Gasteiger partial charge is 0.471 e. The average Bonchev–Trinajstić information content (AvgIpc) is 2.84. The number of nitrogens with zero attached hydrogens (tertiary/aromatic N) is 2. The van der Waals surface area contributed by atoms with Gasteiger partial charge in [-0.3, -0.25) is 9.59 Å². The normalized spacial score (nSPS) is 15.6. The minimum absolute atomic E-state index is 0. The molecule has 2 aliphatic rings. The molecule has 0 saturated carbocycles. The fraction of sp³-hybridized carbons (Fsp3) is 0.440. The van der Waals surface area contributed by atoms with Crippen LogP contribution in [0.5, 0.6) is 0 Å². The van der Waals surface area contributed by atoms with Gasteiger partial charge in [-0.05, 0) is 53.3 Å². The second-order valence-corrected chi connectivity index (χ2v) is 8.87. The molecule has 2 aromatic carbocycles. The summed E-state index contributed by atoms with van der Waals surface area (Å²) in [7, 11) is 0. The molecule has 2 heterocycles.